The first-order valence-electron chi connectivity index (χ1n) is 13.1. The van der Waals surface area contributed by atoms with Gasteiger partial charge in [-0.15, -0.1) is 0 Å². The minimum atomic E-state index is -1.55. The van der Waals surface area contributed by atoms with Crippen LogP contribution in [0.15, 0.2) is 12.2 Å². The average Bonchev–Trinajstić information content (AvgIpc) is 2.62. The summed E-state index contributed by atoms with van der Waals surface area (Å²) >= 11 is 0. The maximum absolute atomic E-state index is 6.53. The monoisotopic (exact) mass is 456 g/mol. The van der Waals surface area contributed by atoms with Crippen LogP contribution in [0.3, 0.4) is 0 Å². The molecule has 0 spiro atoms. The zero-order valence-electron chi connectivity index (χ0n) is 22.0. The fraction of sp³-hybridized carbons (Fsp3) is 0.923. The van der Waals surface area contributed by atoms with Crippen LogP contribution in [0.2, 0.25) is 39.3 Å². The Hall–Kier alpha value is 0.0938. The summed E-state index contributed by atoms with van der Waals surface area (Å²) in [6, 6.07) is 0. The molecule has 0 aromatic carbocycles. The van der Waals surface area contributed by atoms with Crippen LogP contribution in [-0.2, 0) is 8.85 Å². The molecule has 0 saturated heterocycles. The van der Waals surface area contributed by atoms with E-state index in [9.17, 15) is 0 Å². The van der Waals surface area contributed by atoms with E-state index in [-0.39, 0.29) is 12.2 Å². The fourth-order valence-corrected chi connectivity index (χ4v) is 6.01. The highest BCUT2D eigenvalue weighted by molar-refractivity contribution is 6.70. The molecule has 30 heavy (non-hydrogen) atoms. The zero-order chi connectivity index (χ0) is 22.9. The van der Waals surface area contributed by atoms with E-state index >= 15 is 0 Å². The van der Waals surface area contributed by atoms with Crippen molar-refractivity contribution in [2.24, 2.45) is 0 Å². The van der Waals surface area contributed by atoms with Crippen molar-refractivity contribution < 1.29 is 8.85 Å². The van der Waals surface area contributed by atoms with Gasteiger partial charge in [-0.05, 0) is 52.1 Å². The van der Waals surface area contributed by atoms with Crippen molar-refractivity contribution in [3.8, 4) is 0 Å². The molecule has 0 N–H and O–H groups in total. The summed E-state index contributed by atoms with van der Waals surface area (Å²) in [5, 5.41) is 0. The molecule has 0 aliphatic carbocycles. The zero-order valence-corrected chi connectivity index (χ0v) is 24.0. The molecular formula is C26H56O2Si2. The topological polar surface area (TPSA) is 18.5 Å². The third-order valence-electron chi connectivity index (χ3n) is 5.23. The van der Waals surface area contributed by atoms with Crippen LogP contribution in [0.5, 0.6) is 0 Å². The third-order valence-corrected chi connectivity index (χ3v) is 7.25. The van der Waals surface area contributed by atoms with Gasteiger partial charge in [0, 0.05) is 0 Å². The molecule has 180 valence electrons. The summed E-state index contributed by atoms with van der Waals surface area (Å²) in [6.45, 7) is 18.4. The molecule has 0 aromatic heterocycles. The molecule has 4 heteroatoms. The van der Waals surface area contributed by atoms with E-state index < -0.39 is 16.6 Å². The minimum absolute atomic E-state index is 0.264. The largest absolute Gasteiger partial charge is 0.411 e. The Morgan fingerprint density at radius 2 is 0.800 bits per heavy atom. The van der Waals surface area contributed by atoms with Crippen molar-refractivity contribution in [3.05, 3.63) is 12.2 Å². The molecular weight excluding hydrogens is 400 g/mol. The molecule has 0 heterocycles. The first-order valence-corrected chi connectivity index (χ1v) is 19.9. The Kier molecular flexibility index (Phi) is 17.7. The maximum atomic E-state index is 6.53. The number of hydrogen-bond donors (Lipinski definition) is 0. The van der Waals surface area contributed by atoms with E-state index in [1.807, 2.05) is 0 Å². The van der Waals surface area contributed by atoms with E-state index in [4.69, 9.17) is 8.85 Å². The van der Waals surface area contributed by atoms with Gasteiger partial charge in [0.2, 0.25) is 0 Å². The van der Waals surface area contributed by atoms with Crippen molar-refractivity contribution in [3.63, 3.8) is 0 Å². The van der Waals surface area contributed by atoms with Gasteiger partial charge in [-0.2, -0.15) is 0 Å². The highest BCUT2D eigenvalue weighted by atomic mass is 28.4. The fourth-order valence-electron chi connectivity index (χ4n) is 3.80. The summed E-state index contributed by atoms with van der Waals surface area (Å²) in [5.74, 6) is 0. The second-order valence-electron chi connectivity index (χ2n) is 11.0. The molecule has 0 aromatic rings. The Bertz CT molecular complexity index is 410. The van der Waals surface area contributed by atoms with Crippen LogP contribution in [0, 0.1) is 0 Å². The smallest absolute Gasteiger partial charge is 0.184 e. The lowest BCUT2D eigenvalue weighted by Gasteiger charge is -2.27. The molecule has 0 fully saturated rings. The lowest BCUT2D eigenvalue weighted by molar-refractivity contribution is 0.210. The normalized spacial score (nSPS) is 15.1. The molecule has 0 saturated carbocycles. The van der Waals surface area contributed by atoms with Gasteiger partial charge in [-0.25, -0.2) is 0 Å². The van der Waals surface area contributed by atoms with Gasteiger partial charge in [0.1, 0.15) is 0 Å². The summed E-state index contributed by atoms with van der Waals surface area (Å²) in [4.78, 5) is 0. The van der Waals surface area contributed by atoms with Crippen molar-refractivity contribution in [1.82, 2.24) is 0 Å². The van der Waals surface area contributed by atoms with Crippen LogP contribution >= 0.6 is 0 Å². The Balaban J connectivity index is 4.69. The number of rotatable bonds is 20. The van der Waals surface area contributed by atoms with E-state index in [0.717, 1.165) is 12.8 Å². The predicted molar refractivity (Wildman–Crippen MR) is 142 cm³/mol. The molecule has 0 amide bonds. The molecule has 0 aliphatic heterocycles. The van der Waals surface area contributed by atoms with Crippen LogP contribution in [-0.4, -0.2) is 28.8 Å². The van der Waals surface area contributed by atoms with Gasteiger partial charge in [-0.1, -0.05) is 103 Å². The Morgan fingerprint density at radius 3 is 1.10 bits per heavy atom. The standard InChI is InChI=1S/C26H56O2Si2/c1-9-11-13-15-16-18-20-22-26(28-30(6,7)8)24-23-25(27-29(3,4)5)21-19-17-14-12-10-2/h23-26H,9-22H2,1-8H3/b24-23+/t25-,26-/m0/s1. The van der Waals surface area contributed by atoms with Gasteiger partial charge in [0.15, 0.2) is 16.6 Å². The van der Waals surface area contributed by atoms with Gasteiger partial charge >= 0.3 is 0 Å². The minimum Gasteiger partial charge on any atom is -0.411 e. The second kappa shape index (κ2) is 17.6. The van der Waals surface area contributed by atoms with E-state index in [1.165, 1.54) is 77.0 Å². The summed E-state index contributed by atoms with van der Waals surface area (Å²) in [6.07, 6.45) is 23.7. The van der Waals surface area contributed by atoms with E-state index in [0.29, 0.717) is 0 Å². The highest BCUT2D eigenvalue weighted by Gasteiger charge is 2.22. The molecule has 2 atom stereocenters. The lowest BCUT2D eigenvalue weighted by atomic mass is 10.0. The van der Waals surface area contributed by atoms with Crippen LogP contribution < -0.4 is 0 Å². The van der Waals surface area contributed by atoms with Gasteiger partial charge < -0.3 is 8.85 Å². The Labute approximate surface area is 192 Å². The summed E-state index contributed by atoms with van der Waals surface area (Å²) in [5.41, 5.74) is 0. The van der Waals surface area contributed by atoms with Crippen LogP contribution in [0.1, 0.15) is 104 Å². The van der Waals surface area contributed by atoms with Crippen molar-refractivity contribution in [1.29, 1.82) is 0 Å². The van der Waals surface area contributed by atoms with Crippen LogP contribution in [0.4, 0.5) is 0 Å². The van der Waals surface area contributed by atoms with Crippen molar-refractivity contribution in [2.75, 3.05) is 0 Å². The quantitative estimate of drug-likeness (QED) is 0.103. The van der Waals surface area contributed by atoms with Gasteiger partial charge in [0.25, 0.3) is 0 Å². The van der Waals surface area contributed by atoms with E-state index in [1.54, 1.807) is 0 Å². The summed E-state index contributed by atoms with van der Waals surface area (Å²) in [7, 11) is -3.09. The SMILES string of the molecule is CCCCCCCCC[C@@H](/C=C/[C@H](CCCCCCC)O[Si](C)(C)C)O[Si](C)(C)C. The molecule has 0 aliphatic rings. The molecule has 2 nitrogen and oxygen atoms in total. The number of unbranched alkanes of at least 4 members (excludes halogenated alkanes) is 10. The summed E-state index contributed by atoms with van der Waals surface area (Å²) < 4.78 is 13.0. The average molecular weight is 457 g/mol. The first-order chi connectivity index (χ1) is 14.1. The van der Waals surface area contributed by atoms with Gasteiger partial charge in [-0.3, -0.25) is 0 Å². The highest BCUT2D eigenvalue weighted by Crippen LogP contribution is 2.19. The van der Waals surface area contributed by atoms with E-state index in [2.05, 4.69) is 65.3 Å². The lowest BCUT2D eigenvalue weighted by Crippen LogP contribution is -2.33. The molecule has 0 unspecified atom stereocenters. The van der Waals surface area contributed by atoms with Crippen LogP contribution in [0.25, 0.3) is 0 Å². The number of hydrogen-bond acceptors (Lipinski definition) is 2. The van der Waals surface area contributed by atoms with Gasteiger partial charge in [0.05, 0.1) is 12.2 Å². The Morgan fingerprint density at radius 1 is 0.500 bits per heavy atom. The molecule has 0 radical (unpaired) electrons. The van der Waals surface area contributed by atoms with Crippen molar-refractivity contribution in [2.45, 2.75) is 155 Å². The molecule has 0 bridgehead atoms. The third kappa shape index (κ3) is 21.3. The molecule has 0 rings (SSSR count). The second-order valence-corrected chi connectivity index (χ2v) is 20.0. The first kappa shape index (κ1) is 30.1. The maximum Gasteiger partial charge on any atom is 0.184 e. The predicted octanol–water partition coefficient (Wildman–Crippen LogP) is 9.48. The van der Waals surface area contributed by atoms with Crippen molar-refractivity contribution >= 4 is 16.6 Å².